The summed E-state index contributed by atoms with van der Waals surface area (Å²) in [7, 11) is 0. The maximum absolute atomic E-state index is 11.9. The number of ether oxygens (including phenoxy) is 1. The molecule has 1 N–H and O–H groups in total. The monoisotopic (exact) mass is 388 g/mol. The first kappa shape index (κ1) is 20.8. The molecule has 0 fully saturated rings. The van der Waals surface area contributed by atoms with Gasteiger partial charge in [0.15, 0.2) is 6.61 Å². The van der Waals surface area contributed by atoms with Crippen LogP contribution in [0.1, 0.15) is 18.1 Å². The lowest BCUT2D eigenvalue weighted by atomic mass is 10.1. The Morgan fingerprint density at radius 3 is 2.52 bits per heavy atom. The molecule has 0 radical (unpaired) electrons. The van der Waals surface area contributed by atoms with Gasteiger partial charge in [0.05, 0.1) is 0 Å². The zero-order valence-electron chi connectivity index (χ0n) is 15.7. The molecule has 2 aromatic carbocycles. The third kappa shape index (κ3) is 7.71. The molecule has 0 aromatic heterocycles. The van der Waals surface area contributed by atoms with E-state index in [1.54, 1.807) is 4.90 Å². The molecule has 0 saturated carbocycles. The van der Waals surface area contributed by atoms with Crippen LogP contribution in [0.2, 0.25) is 5.02 Å². The van der Waals surface area contributed by atoms with E-state index in [9.17, 15) is 9.59 Å². The Hall–Kier alpha value is -2.53. The minimum Gasteiger partial charge on any atom is -0.484 e. The van der Waals surface area contributed by atoms with Gasteiger partial charge in [-0.2, -0.15) is 0 Å². The second kappa shape index (κ2) is 10.6. The normalized spacial score (nSPS) is 10.3. The summed E-state index contributed by atoms with van der Waals surface area (Å²) in [5, 5.41) is 3.46. The van der Waals surface area contributed by atoms with Crippen LogP contribution >= 0.6 is 11.6 Å². The van der Waals surface area contributed by atoms with Gasteiger partial charge in [-0.1, -0.05) is 41.4 Å². The van der Waals surface area contributed by atoms with Gasteiger partial charge in [-0.3, -0.25) is 9.59 Å². The Bertz CT molecular complexity index is 762. The van der Waals surface area contributed by atoms with E-state index < -0.39 is 0 Å². The topological polar surface area (TPSA) is 58.6 Å². The van der Waals surface area contributed by atoms with Gasteiger partial charge in [0, 0.05) is 31.6 Å². The number of carbonyl (C=O) groups is 2. The molecular formula is C21H25ClN2O3. The molecule has 144 valence electrons. The molecule has 27 heavy (non-hydrogen) atoms. The average molecular weight is 389 g/mol. The first-order valence-corrected chi connectivity index (χ1v) is 9.28. The van der Waals surface area contributed by atoms with Crippen molar-refractivity contribution in [1.82, 2.24) is 10.2 Å². The molecule has 0 aliphatic carbocycles. The quantitative estimate of drug-likeness (QED) is 0.717. The van der Waals surface area contributed by atoms with Crippen LogP contribution in [-0.4, -0.2) is 43.0 Å². The van der Waals surface area contributed by atoms with Crippen LogP contribution in [-0.2, 0) is 16.0 Å². The largest absolute Gasteiger partial charge is 0.484 e. The third-order valence-corrected chi connectivity index (χ3v) is 4.33. The van der Waals surface area contributed by atoms with Crippen LogP contribution in [0, 0.1) is 6.92 Å². The predicted octanol–water partition coefficient (Wildman–Crippen LogP) is 3.23. The van der Waals surface area contributed by atoms with Crippen molar-refractivity contribution >= 4 is 23.4 Å². The van der Waals surface area contributed by atoms with Crippen LogP contribution < -0.4 is 10.1 Å². The highest BCUT2D eigenvalue weighted by Crippen LogP contribution is 2.12. The van der Waals surface area contributed by atoms with Gasteiger partial charge < -0.3 is 15.0 Å². The Kier molecular flexibility index (Phi) is 8.14. The van der Waals surface area contributed by atoms with Gasteiger partial charge in [-0.05, 0) is 43.2 Å². The number of aryl methyl sites for hydroxylation is 1. The van der Waals surface area contributed by atoms with Gasteiger partial charge >= 0.3 is 0 Å². The highest BCUT2D eigenvalue weighted by molar-refractivity contribution is 6.30. The molecule has 0 aliphatic heterocycles. The lowest BCUT2D eigenvalue weighted by Crippen LogP contribution is -2.39. The van der Waals surface area contributed by atoms with E-state index in [-0.39, 0.29) is 18.4 Å². The predicted molar refractivity (Wildman–Crippen MR) is 107 cm³/mol. The summed E-state index contributed by atoms with van der Waals surface area (Å²) in [5.74, 6) is 0.415. The molecule has 0 aliphatic rings. The summed E-state index contributed by atoms with van der Waals surface area (Å²) in [6, 6.07) is 15.1. The number of hydrogen-bond donors (Lipinski definition) is 1. The third-order valence-electron chi connectivity index (χ3n) is 4.10. The summed E-state index contributed by atoms with van der Waals surface area (Å²) in [5.41, 5.74) is 2.21. The molecule has 6 heteroatoms. The lowest BCUT2D eigenvalue weighted by molar-refractivity contribution is -0.129. The minimum absolute atomic E-state index is 0.0258. The molecule has 0 unspecified atom stereocenters. The number of halogens is 1. The van der Waals surface area contributed by atoms with Crippen molar-refractivity contribution in [3.63, 3.8) is 0 Å². The van der Waals surface area contributed by atoms with Crippen molar-refractivity contribution in [2.45, 2.75) is 20.3 Å². The van der Waals surface area contributed by atoms with E-state index in [4.69, 9.17) is 16.3 Å². The molecule has 0 heterocycles. The smallest absolute Gasteiger partial charge is 0.258 e. The Labute approximate surface area is 165 Å². The zero-order valence-corrected chi connectivity index (χ0v) is 16.5. The Morgan fingerprint density at radius 2 is 1.85 bits per heavy atom. The van der Waals surface area contributed by atoms with Crippen molar-refractivity contribution < 1.29 is 14.3 Å². The number of nitrogens with one attached hydrogen (secondary N) is 1. The van der Waals surface area contributed by atoms with Gasteiger partial charge in [-0.15, -0.1) is 0 Å². The first-order valence-electron chi connectivity index (χ1n) is 8.90. The molecular weight excluding hydrogens is 364 g/mol. The fraction of sp³-hybridized carbons (Fsp3) is 0.333. The summed E-state index contributed by atoms with van der Waals surface area (Å²) in [6.45, 7) is 4.87. The van der Waals surface area contributed by atoms with Gasteiger partial charge in [0.25, 0.3) is 5.91 Å². The van der Waals surface area contributed by atoms with Crippen molar-refractivity contribution in [2.75, 3.05) is 26.2 Å². The molecule has 2 amide bonds. The molecule has 0 spiro atoms. The number of amides is 2. The number of nitrogens with zero attached hydrogens (tertiary/aromatic N) is 1. The molecule has 2 rings (SSSR count). The fourth-order valence-corrected chi connectivity index (χ4v) is 2.76. The van der Waals surface area contributed by atoms with E-state index in [2.05, 4.69) is 5.32 Å². The van der Waals surface area contributed by atoms with E-state index in [1.807, 2.05) is 55.5 Å². The van der Waals surface area contributed by atoms with Gasteiger partial charge in [0.1, 0.15) is 5.75 Å². The highest BCUT2D eigenvalue weighted by Gasteiger charge is 2.10. The minimum atomic E-state index is -0.214. The second-order valence-corrected chi connectivity index (χ2v) is 6.77. The van der Waals surface area contributed by atoms with Crippen LogP contribution in [0.25, 0.3) is 0 Å². The SMILES string of the molecule is CC(=O)N(CCNC(=O)COc1ccc(C)cc1)CCc1cccc(Cl)c1. The van der Waals surface area contributed by atoms with Crippen molar-refractivity contribution in [1.29, 1.82) is 0 Å². The number of benzene rings is 2. The Morgan fingerprint density at radius 1 is 1.11 bits per heavy atom. The van der Waals surface area contributed by atoms with Crippen molar-refractivity contribution in [3.05, 3.63) is 64.7 Å². The fourth-order valence-electron chi connectivity index (χ4n) is 2.55. The number of rotatable bonds is 9. The van der Waals surface area contributed by atoms with Crippen LogP contribution in [0.4, 0.5) is 0 Å². The maximum Gasteiger partial charge on any atom is 0.258 e. The summed E-state index contributed by atoms with van der Waals surface area (Å²) in [4.78, 5) is 25.4. The lowest BCUT2D eigenvalue weighted by Gasteiger charge is -2.21. The second-order valence-electron chi connectivity index (χ2n) is 6.34. The summed E-state index contributed by atoms with van der Waals surface area (Å²) in [6.07, 6.45) is 0.713. The molecule has 0 bridgehead atoms. The molecule has 0 atom stereocenters. The zero-order chi connectivity index (χ0) is 19.6. The van der Waals surface area contributed by atoms with E-state index in [1.165, 1.54) is 6.92 Å². The van der Waals surface area contributed by atoms with Crippen molar-refractivity contribution in [3.8, 4) is 5.75 Å². The van der Waals surface area contributed by atoms with Crippen LogP contribution in [0.3, 0.4) is 0 Å². The summed E-state index contributed by atoms with van der Waals surface area (Å²) >= 11 is 5.98. The summed E-state index contributed by atoms with van der Waals surface area (Å²) < 4.78 is 5.44. The first-order chi connectivity index (χ1) is 12.9. The molecule has 0 saturated heterocycles. The van der Waals surface area contributed by atoms with E-state index in [0.717, 1.165) is 11.1 Å². The Balaban J connectivity index is 1.71. The van der Waals surface area contributed by atoms with Gasteiger partial charge in [0.2, 0.25) is 5.91 Å². The standard InChI is InChI=1S/C21H25ClN2O3/c1-16-6-8-20(9-7-16)27-15-21(26)23-11-13-24(17(2)25)12-10-18-4-3-5-19(22)14-18/h3-9,14H,10-13,15H2,1-2H3,(H,23,26). The number of carbonyl (C=O) groups excluding carboxylic acids is 2. The van der Waals surface area contributed by atoms with Crippen LogP contribution in [0.15, 0.2) is 48.5 Å². The maximum atomic E-state index is 11.9. The van der Waals surface area contributed by atoms with Crippen molar-refractivity contribution in [2.24, 2.45) is 0 Å². The number of hydrogen-bond acceptors (Lipinski definition) is 3. The molecule has 2 aromatic rings. The van der Waals surface area contributed by atoms with Crippen LogP contribution in [0.5, 0.6) is 5.75 Å². The average Bonchev–Trinajstić information content (AvgIpc) is 2.64. The van der Waals surface area contributed by atoms with Gasteiger partial charge in [-0.25, -0.2) is 0 Å². The highest BCUT2D eigenvalue weighted by atomic mass is 35.5. The van der Waals surface area contributed by atoms with E-state index >= 15 is 0 Å². The molecule has 5 nitrogen and oxygen atoms in total. The van der Waals surface area contributed by atoms with E-state index in [0.29, 0.717) is 36.8 Å².